The number of hydrogen-bond acceptors (Lipinski definition) is 3. The molecule has 0 saturated heterocycles. The summed E-state index contributed by atoms with van der Waals surface area (Å²) >= 11 is 3.35. The highest BCUT2D eigenvalue weighted by atomic mass is 79.9. The number of carboxylic acid groups (broad SMARTS) is 1. The molecule has 1 atom stereocenters. The fourth-order valence-electron chi connectivity index (χ4n) is 2.67. The number of carbonyl (C=O) groups is 2. The van der Waals surface area contributed by atoms with Crippen LogP contribution >= 0.6 is 15.9 Å². The van der Waals surface area contributed by atoms with Crippen LogP contribution in [0.25, 0.3) is 0 Å². The molecular formula is C21H24BrNO4. The van der Waals surface area contributed by atoms with Crippen molar-refractivity contribution in [2.75, 3.05) is 6.61 Å². The van der Waals surface area contributed by atoms with E-state index < -0.39 is 12.0 Å². The number of halogens is 1. The van der Waals surface area contributed by atoms with Crippen molar-refractivity contribution in [3.05, 3.63) is 64.1 Å². The minimum absolute atomic E-state index is 0.149. The van der Waals surface area contributed by atoms with E-state index in [1.165, 1.54) is 0 Å². The van der Waals surface area contributed by atoms with Crippen LogP contribution in [-0.2, 0) is 9.59 Å². The number of nitrogens with one attached hydrogen (secondary N) is 1. The Balaban J connectivity index is 1.76. The molecule has 0 bridgehead atoms. The Hall–Kier alpha value is -2.34. The number of unbranched alkanes of at least 4 members (excludes halogenated alkanes) is 1. The number of aliphatic carboxylic acids is 1. The van der Waals surface area contributed by atoms with Gasteiger partial charge in [0.05, 0.1) is 19.1 Å². The first kappa shape index (κ1) is 21.0. The molecule has 2 rings (SSSR count). The Bertz CT molecular complexity index is 761. The predicted octanol–water partition coefficient (Wildman–Crippen LogP) is 4.64. The van der Waals surface area contributed by atoms with Crippen LogP contribution in [0.2, 0.25) is 0 Å². The lowest BCUT2D eigenvalue weighted by Crippen LogP contribution is -2.30. The fourth-order valence-corrected chi connectivity index (χ4v) is 2.94. The molecule has 1 amide bonds. The summed E-state index contributed by atoms with van der Waals surface area (Å²) in [5.41, 5.74) is 1.92. The second-order valence-electron chi connectivity index (χ2n) is 6.39. The lowest BCUT2D eigenvalue weighted by Gasteiger charge is -2.17. The van der Waals surface area contributed by atoms with E-state index in [2.05, 4.69) is 21.2 Å². The SMILES string of the molecule is Cc1cccc(OCCCCC(=O)NC(CC(=O)O)c2ccc(Br)cc2)c1. The molecule has 0 aliphatic carbocycles. The monoisotopic (exact) mass is 433 g/mol. The summed E-state index contributed by atoms with van der Waals surface area (Å²) in [5, 5.41) is 11.9. The zero-order valence-electron chi connectivity index (χ0n) is 15.3. The number of benzene rings is 2. The highest BCUT2D eigenvalue weighted by Gasteiger charge is 2.17. The molecule has 6 heteroatoms. The van der Waals surface area contributed by atoms with Gasteiger partial charge in [-0.05, 0) is 55.2 Å². The van der Waals surface area contributed by atoms with Crippen LogP contribution in [0.3, 0.4) is 0 Å². The fraction of sp³-hybridized carbons (Fsp3) is 0.333. The summed E-state index contributed by atoms with van der Waals surface area (Å²) in [6.07, 6.45) is 1.62. The number of amides is 1. The average Bonchev–Trinajstić information content (AvgIpc) is 2.61. The van der Waals surface area contributed by atoms with E-state index in [1.807, 2.05) is 55.5 Å². The Kier molecular flexibility index (Phi) is 8.33. The van der Waals surface area contributed by atoms with E-state index in [9.17, 15) is 9.59 Å². The van der Waals surface area contributed by atoms with Gasteiger partial charge in [-0.2, -0.15) is 0 Å². The van der Waals surface area contributed by atoms with Gasteiger partial charge >= 0.3 is 5.97 Å². The largest absolute Gasteiger partial charge is 0.494 e. The molecule has 2 N–H and O–H groups in total. The van der Waals surface area contributed by atoms with Crippen molar-refractivity contribution in [1.82, 2.24) is 5.32 Å². The topological polar surface area (TPSA) is 75.6 Å². The van der Waals surface area contributed by atoms with Gasteiger partial charge in [-0.3, -0.25) is 9.59 Å². The first-order valence-corrected chi connectivity index (χ1v) is 9.69. The number of carbonyl (C=O) groups excluding carboxylic acids is 1. The summed E-state index contributed by atoms with van der Waals surface area (Å²) in [6, 6.07) is 14.6. The first-order chi connectivity index (χ1) is 12.9. The minimum atomic E-state index is -0.949. The quantitative estimate of drug-likeness (QED) is 0.535. The predicted molar refractivity (Wildman–Crippen MR) is 108 cm³/mol. The molecule has 0 fully saturated rings. The van der Waals surface area contributed by atoms with E-state index in [0.29, 0.717) is 19.4 Å². The van der Waals surface area contributed by atoms with Crippen molar-refractivity contribution in [3.8, 4) is 5.75 Å². The highest BCUT2D eigenvalue weighted by molar-refractivity contribution is 9.10. The Morgan fingerprint density at radius 2 is 1.89 bits per heavy atom. The van der Waals surface area contributed by atoms with Gasteiger partial charge in [-0.1, -0.05) is 40.2 Å². The maximum absolute atomic E-state index is 12.2. The summed E-state index contributed by atoms with van der Waals surface area (Å²) in [7, 11) is 0. The Morgan fingerprint density at radius 3 is 2.56 bits per heavy atom. The van der Waals surface area contributed by atoms with Gasteiger partial charge in [0.1, 0.15) is 5.75 Å². The lowest BCUT2D eigenvalue weighted by molar-refractivity contribution is -0.137. The molecule has 0 radical (unpaired) electrons. The number of ether oxygens (including phenoxy) is 1. The minimum Gasteiger partial charge on any atom is -0.494 e. The summed E-state index contributed by atoms with van der Waals surface area (Å²) in [5.74, 6) is -0.272. The Labute approximate surface area is 167 Å². The van der Waals surface area contributed by atoms with Crippen LogP contribution in [0, 0.1) is 6.92 Å². The third kappa shape index (κ3) is 7.83. The Morgan fingerprint density at radius 1 is 1.15 bits per heavy atom. The molecule has 0 aliphatic heterocycles. The van der Waals surface area contributed by atoms with Gasteiger partial charge in [-0.15, -0.1) is 0 Å². The van der Waals surface area contributed by atoms with Crippen molar-refractivity contribution in [1.29, 1.82) is 0 Å². The van der Waals surface area contributed by atoms with Crippen LogP contribution in [-0.4, -0.2) is 23.6 Å². The van der Waals surface area contributed by atoms with Crippen LogP contribution in [0.1, 0.15) is 42.9 Å². The number of aryl methyl sites for hydroxylation is 1. The molecule has 2 aromatic rings. The van der Waals surface area contributed by atoms with Crippen molar-refractivity contribution in [2.45, 2.75) is 38.6 Å². The highest BCUT2D eigenvalue weighted by Crippen LogP contribution is 2.20. The van der Waals surface area contributed by atoms with Gasteiger partial charge in [0.15, 0.2) is 0 Å². The molecule has 27 heavy (non-hydrogen) atoms. The number of rotatable bonds is 10. The summed E-state index contributed by atoms with van der Waals surface area (Å²) in [4.78, 5) is 23.3. The van der Waals surface area contributed by atoms with E-state index in [1.54, 1.807) is 0 Å². The van der Waals surface area contributed by atoms with Crippen molar-refractivity contribution in [3.63, 3.8) is 0 Å². The van der Waals surface area contributed by atoms with Crippen molar-refractivity contribution in [2.24, 2.45) is 0 Å². The second kappa shape index (κ2) is 10.7. The molecule has 0 aromatic heterocycles. The molecular weight excluding hydrogens is 410 g/mol. The van der Waals surface area contributed by atoms with Gasteiger partial charge < -0.3 is 15.2 Å². The lowest BCUT2D eigenvalue weighted by atomic mass is 10.0. The van der Waals surface area contributed by atoms with E-state index in [4.69, 9.17) is 9.84 Å². The maximum Gasteiger partial charge on any atom is 0.305 e. The first-order valence-electron chi connectivity index (χ1n) is 8.90. The normalized spacial score (nSPS) is 11.6. The van der Waals surface area contributed by atoms with E-state index >= 15 is 0 Å². The molecule has 144 valence electrons. The third-order valence-corrected chi connectivity index (χ3v) is 4.57. The van der Waals surface area contributed by atoms with E-state index in [0.717, 1.165) is 27.8 Å². The molecule has 0 aliphatic rings. The average molecular weight is 434 g/mol. The molecule has 0 heterocycles. The molecule has 2 aromatic carbocycles. The molecule has 5 nitrogen and oxygen atoms in total. The second-order valence-corrected chi connectivity index (χ2v) is 7.31. The van der Waals surface area contributed by atoms with Crippen LogP contribution in [0.5, 0.6) is 5.75 Å². The van der Waals surface area contributed by atoms with Gasteiger partial charge in [0.2, 0.25) is 5.91 Å². The summed E-state index contributed by atoms with van der Waals surface area (Å²) in [6.45, 7) is 2.55. The van der Waals surface area contributed by atoms with Gasteiger partial charge in [0, 0.05) is 10.9 Å². The van der Waals surface area contributed by atoms with Crippen molar-refractivity contribution >= 4 is 27.8 Å². The molecule has 0 saturated carbocycles. The smallest absolute Gasteiger partial charge is 0.305 e. The van der Waals surface area contributed by atoms with Gasteiger partial charge in [-0.25, -0.2) is 0 Å². The van der Waals surface area contributed by atoms with Crippen LogP contribution in [0.4, 0.5) is 0 Å². The zero-order valence-corrected chi connectivity index (χ0v) is 16.9. The van der Waals surface area contributed by atoms with Crippen LogP contribution in [0.15, 0.2) is 53.0 Å². The van der Waals surface area contributed by atoms with Crippen LogP contribution < -0.4 is 10.1 Å². The van der Waals surface area contributed by atoms with E-state index in [-0.39, 0.29) is 12.3 Å². The standard InChI is InChI=1S/C21H24BrNO4/c1-15-5-4-6-18(13-15)27-12-3-2-7-20(24)23-19(14-21(25)26)16-8-10-17(22)11-9-16/h4-6,8-11,13,19H,2-3,7,12,14H2,1H3,(H,23,24)(H,25,26). The van der Waals surface area contributed by atoms with Gasteiger partial charge in [0.25, 0.3) is 0 Å². The maximum atomic E-state index is 12.2. The third-order valence-electron chi connectivity index (χ3n) is 4.04. The molecule has 1 unspecified atom stereocenters. The van der Waals surface area contributed by atoms with Crippen molar-refractivity contribution < 1.29 is 19.4 Å². The molecule has 0 spiro atoms. The number of hydrogen-bond donors (Lipinski definition) is 2. The number of carboxylic acids is 1. The summed E-state index contributed by atoms with van der Waals surface area (Å²) < 4.78 is 6.57. The zero-order chi connectivity index (χ0) is 19.6.